The lowest BCUT2D eigenvalue weighted by molar-refractivity contribution is 0.0898. The summed E-state index contributed by atoms with van der Waals surface area (Å²) < 4.78 is 40.0. The predicted octanol–water partition coefficient (Wildman–Crippen LogP) is 2.91. The van der Waals surface area contributed by atoms with Crippen molar-refractivity contribution in [2.45, 2.75) is 30.2 Å². The van der Waals surface area contributed by atoms with Gasteiger partial charge >= 0.3 is 0 Å². The standard InChI is InChI=1S/C19H22FN3O3S.ClH/c1-19(12-21,14-4-5-14)22-18(24)13-2-8-16(9-3-13)23-27(25,26)17-10-6-15(20)7-11-17;/h2-3,6-11,14,23H,4-5,12,21H2,1H3,(H,22,24);1H. The molecule has 28 heavy (non-hydrogen) atoms. The topological polar surface area (TPSA) is 101 Å². The number of carbonyl (C=O) groups excluding carboxylic acids is 1. The van der Waals surface area contributed by atoms with Crippen molar-refractivity contribution in [2.24, 2.45) is 11.7 Å². The highest BCUT2D eigenvalue weighted by atomic mass is 35.5. The lowest BCUT2D eigenvalue weighted by atomic mass is 9.95. The van der Waals surface area contributed by atoms with Crippen LogP contribution in [0.3, 0.4) is 0 Å². The van der Waals surface area contributed by atoms with Gasteiger partial charge in [0, 0.05) is 17.8 Å². The van der Waals surface area contributed by atoms with Crippen LogP contribution in [0, 0.1) is 11.7 Å². The Kier molecular flexibility index (Phi) is 6.69. The molecule has 4 N–H and O–H groups in total. The van der Waals surface area contributed by atoms with Gasteiger partial charge in [0.05, 0.1) is 10.4 Å². The summed E-state index contributed by atoms with van der Waals surface area (Å²) in [5, 5.41) is 2.98. The van der Waals surface area contributed by atoms with Gasteiger partial charge < -0.3 is 11.1 Å². The molecule has 152 valence electrons. The van der Waals surface area contributed by atoms with E-state index in [1.54, 1.807) is 12.1 Å². The summed E-state index contributed by atoms with van der Waals surface area (Å²) in [6.45, 7) is 2.30. The number of sulfonamides is 1. The number of benzene rings is 2. The summed E-state index contributed by atoms with van der Waals surface area (Å²) in [5.74, 6) is -0.365. The van der Waals surface area contributed by atoms with Crippen molar-refractivity contribution in [3.63, 3.8) is 0 Å². The van der Waals surface area contributed by atoms with E-state index in [0.29, 0.717) is 23.7 Å². The van der Waals surface area contributed by atoms with E-state index in [2.05, 4.69) is 10.0 Å². The van der Waals surface area contributed by atoms with Crippen molar-refractivity contribution in [2.75, 3.05) is 11.3 Å². The summed E-state index contributed by atoms with van der Waals surface area (Å²) in [7, 11) is -3.83. The molecule has 0 spiro atoms. The van der Waals surface area contributed by atoms with Crippen molar-refractivity contribution >= 4 is 34.0 Å². The Bertz CT molecular complexity index is 932. The van der Waals surface area contributed by atoms with E-state index >= 15 is 0 Å². The summed E-state index contributed by atoms with van der Waals surface area (Å²) >= 11 is 0. The Morgan fingerprint density at radius 3 is 2.21 bits per heavy atom. The van der Waals surface area contributed by atoms with Crippen molar-refractivity contribution in [1.82, 2.24) is 5.32 Å². The molecule has 0 aromatic heterocycles. The fraction of sp³-hybridized carbons (Fsp3) is 0.316. The van der Waals surface area contributed by atoms with E-state index in [0.717, 1.165) is 25.0 Å². The second-order valence-corrected chi connectivity index (χ2v) is 8.67. The lowest BCUT2D eigenvalue weighted by Crippen LogP contribution is -2.53. The largest absolute Gasteiger partial charge is 0.345 e. The molecule has 1 atom stereocenters. The van der Waals surface area contributed by atoms with Crippen molar-refractivity contribution < 1.29 is 17.6 Å². The Labute approximate surface area is 170 Å². The summed E-state index contributed by atoms with van der Waals surface area (Å²) in [6, 6.07) is 10.6. The third-order valence-corrected chi connectivity index (χ3v) is 6.22. The molecule has 1 aliphatic carbocycles. The van der Waals surface area contributed by atoms with Gasteiger partial charge in [-0.2, -0.15) is 0 Å². The van der Waals surface area contributed by atoms with Crippen LogP contribution in [-0.2, 0) is 10.0 Å². The maximum atomic E-state index is 13.0. The van der Waals surface area contributed by atoms with Gasteiger partial charge in [-0.1, -0.05) is 0 Å². The molecular formula is C19H23ClFN3O3S. The molecule has 1 amide bonds. The van der Waals surface area contributed by atoms with E-state index in [-0.39, 0.29) is 23.2 Å². The zero-order valence-corrected chi connectivity index (χ0v) is 16.9. The van der Waals surface area contributed by atoms with Crippen LogP contribution in [0.2, 0.25) is 0 Å². The summed E-state index contributed by atoms with van der Waals surface area (Å²) in [6.07, 6.45) is 2.11. The first-order chi connectivity index (χ1) is 12.7. The normalized spacial score (nSPS) is 15.8. The fourth-order valence-electron chi connectivity index (χ4n) is 2.89. The number of halogens is 2. The number of amides is 1. The van der Waals surface area contributed by atoms with Crippen molar-refractivity contribution in [3.8, 4) is 0 Å². The second-order valence-electron chi connectivity index (χ2n) is 6.99. The SMILES string of the molecule is CC(CN)(NC(=O)c1ccc(NS(=O)(=O)c2ccc(F)cc2)cc1)C1CC1.Cl. The molecule has 2 aromatic carbocycles. The maximum Gasteiger partial charge on any atom is 0.261 e. The third-order valence-electron chi connectivity index (χ3n) is 4.82. The Hall–Kier alpha value is -2.16. The van der Waals surface area contributed by atoms with Crippen LogP contribution >= 0.6 is 12.4 Å². The molecule has 2 aromatic rings. The Balaban J connectivity index is 0.00000280. The van der Waals surface area contributed by atoms with E-state index in [9.17, 15) is 17.6 Å². The molecule has 1 saturated carbocycles. The van der Waals surface area contributed by atoms with Gasteiger partial charge in [0.1, 0.15) is 5.82 Å². The van der Waals surface area contributed by atoms with Gasteiger partial charge in [-0.3, -0.25) is 9.52 Å². The van der Waals surface area contributed by atoms with Crippen LogP contribution in [0.25, 0.3) is 0 Å². The predicted molar refractivity (Wildman–Crippen MR) is 109 cm³/mol. The van der Waals surface area contributed by atoms with Gasteiger partial charge in [0.25, 0.3) is 15.9 Å². The fourth-order valence-corrected chi connectivity index (χ4v) is 3.95. The second kappa shape index (κ2) is 8.46. The highest BCUT2D eigenvalue weighted by Gasteiger charge is 2.41. The Morgan fingerprint density at radius 1 is 1.14 bits per heavy atom. The number of nitrogens with two attached hydrogens (primary N) is 1. The summed E-state index contributed by atoms with van der Waals surface area (Å²) in [5.41, 5.74) is 6.11. The minimum absolute atomic E-state index is 0. The highest BCUT2D eigenvalue weighted by Crippen LogP contribution is 2.39. The average molecular weight is 428 g/mol. The minimum Gasteiger partial charge on any atom is -0.345 e. The molecule has 0 saturated heterocycles. The minimum atomic E-state index is -3.83. The molecular weight excluding hydrogens is 405 g/mol. The molecule has 6 nitrogen and oxygen atoms in total. The van der Waals surface area contributed by atoms with E-state index in [4.69, 9.17) is 5.73 Å². The van der Waals surface area contributed by atoms with Gasteiger partial charge in [0.2, 0.25) is 0 Å². The smallest absolute Gasteiger partial charge is 0.261 e. The zero-order chi connectivity index (χ0) is 19.7. The van der Waals surface area contributed by atoms with Gasteiger partial charge in [-0.15, -0.1) is 12.4 Å². The zero-order valence-electron chi connectivity index (χ0n) is 15.3. The van der Waals surface area contributed by atoms with Crippen LogP contribution in [0.5, 0.6) is 0 Å². The van der Waals surface area contributed by atoms with Crippen molar-refractivity contribution in [3.05, 3.63) is 59.9 Å². The van der Waals surface area contributed by atoms with Crippen LogP contribution in [0.4, 0.5) is 10.1 Å². The average Bonchev–Trinajstić information content (AvgIpc) is 3.48. The number of carbonyl (C=O) groups is 1. The van der Waals surface area contributed by atoms with Gasteiger partial charge in [-0.25, -0.2) is 12.8 Å². The first-order valence-corrected chi connectivity index (χ1v) is 10.1. The molecule has 0 bridgehead atoms. The van der Waals surface area contributed by atoms with Crippen LogP contribution < -0.4 is 15.8 Å². The quantitative estimate of drug-likeness (QED) is 0.632. The first-order valence-electron chi connectivity index (χ1n) is 8.64. The van der Waals surface area contributed by atoms with Crippen LogP contribution in [-0.4, -0.2) is 26.4 Å². The molecule has 9 heteroatoms. The Morgan fingerprint density at radius 2 is 1.71 bits per heavy atom. The lowest BCUT2D eigenvalue weighted by Gasteiger charge is -2.29. The maximum absolute atomic E-state index is 13.0. The monoisotopic (exact) mass is 427 g/mol. The molecule has 0 heterocycles. The summed E-state index contributed by atoms with van der Waals surface area (Å²) in [4.78, 5) is 12.4. The van der Waals surface area contributed by atoms with Crippen molar-refractivity contribution in [1.29, 1.82) is 0 Å². The molecule has 0 aliphatic heterocycles. The first kappa shape index (κ1) is 22.1. The highest BCUT2D eigenvalue weighted by molar-refractivity contribution is 7.92. The van der Waals surface area contributed by atoms with E-state index in [1.807, 2.05) is 6.92 Å². The third kappa shape index (κ3) is 5.01. The number of nitrogens with one attached hydrogen (secondary N) is 2. The molecule has 3 rings (SSSR count). The molecule has 1 aliphatic rings. The van der Waals surface area contributed by atoms with Crippen LogP contribution in [0.15, 0.2) is 53.4 Å². The van der Waals surface area contributed by atoms with Crippen LogP contribution in [0.1, 0.15) is 30.1 Å². The number of rotatable bonds is 7. The number of hydrogen-bond acceptors (Lipinski definition) is 4. The molecule has 0 radical (unpaired) electrons. The van der Waals surface area contributed by atoms with E-state index < -0.39 is 21.4 Å². The van der Waals surface area contributed by atoms with E-state index in [1.165, 1.54) is 24.3 Å². The molecule has 1 unspecified atom stereocenters. The van der Waals surface area contributed by atoms with Gasteiger partial charge in [-0.05, 0) is 74.2 Å². The number of anilines is 1. The number of hydrogen-bond donors (Lipinski definition) is 3. The molecule has 1 fully saturated rings. The van der Waals surface area contributed by atoms with Gasteiger partial charge in [0.15, 0.2) is 0 Å².